The molecule has 0 bridgehead atoms. The summed E-state index contributed by atoms with van der Waals surface area (Å²) in [4.78, 5) is 4.41. The van der Waals surface area contributed by atoms with Crippen molar-refractivity contribution in [3.8, 4) is 0 Å². The number of hydrogen-bond donors (Lipinski definition) is 1. The molecule has 4 heteroatoms. The molecule has 0 radical (unpaired) electrons. The molecule has 1 unspecified atom stereocenters. The Morgan fingerprint density at radius 1 is 1.04 bits per heavy atom. The molecule has 122 valence electrons. The van der Waals surface area contributed by atoms with Gasteiger partial charge in [0.05, 0.1) is 6.04 Å². The Labute approximate surface area is 145 Å². The van der Waals surface area contributed by atoms with Gasteiger partial charge in [0.15, 0.2) is 0 Å². The predicted molar refractivity (Wildman–Crippen MR) is 102 cm³/mol. The zero-order valence-corrected chi connectivity index (χ0v) is 15.7. The number of benzene rings is 1. The van der Waals surface area contributed by atoms with Crippen molar-refractivity contribution in [1.82, 2.24) is 10.3 Å². The molecule has 1 aromatic carbocycles. The zero-order valence-electron chi connectivity index (χ0n) is 14.0. The molecule has 3 rings (SSSR count). The van der Waals surface area contributed by atoms with Gasteiger partial charge in [0, 0.05) is 18.3 Å². The third-order valence-corrected chi connectivity index (χ3v) is 8.81. The Bertz CT molecular complexity index is 622. The lowest BCUT2D eigenvalue weighted by Crippen LogP contribution is -2.60. The minimum absolute atomic E-state index is 0.270. The summed E-state index contributed by atoms with van der Waals surface area (Å²) >= 11 is 5.77. The van der Waals surface area contributed by atoms with E-state index in [0.29, 0.717) is 0 Å². The summed E-state index contributed by atoms with van der Waals surface area (Å²) in [6.45, 7) is 5.91. The molecule has 1 aliphatic heterocycles. The van der Waals surface area contributed by atoms with E-state index in [4.69, 9.17) is 11.6 Å². The summed E-state index contributed by atoms with van der Waals surface area (Å²) in [5, 5.41) is 6.84. The van der Waals surface area contributed by atoms with Crippen LogP contribution in [-0.2, 0) is 0 Å². The molecule has 0 saturated heterocycles. The molecule has 2 heterocycles. The van der Waals surface area contributed by atoms with Crippen LogP contribution < -0.4 is 15.7 Å². The number of pyridine rings is 1. The van der Waals surface area contributed by atoms with Gasteiger partial charge in [0.2, 0.25) is 0 Å². The van der Waals surface area contributed by atoms with E-state index in [1.54, 1.807) is 5.19 Å². The predicted octanol–water partition coefficient (Wildman–Crippen LogP) is 3.31. The Kier molecular flexibility index (Phi) is 5.20. The van der Waals surface area contributed by atoms with Gasteiger partial charge in [0.25, 0.3) is 0 Å². The Morgan fingerprint density at radius 2 is 1.83 bits per heavy atom. The van der Waals surface area contributed by atoms with E-state index in [1.165, 1.54) is 29.2 Å². The lowest BCUT2D eigenvalue weighted by molar-refractivity contribution is 0.566. The number of hydrogen-bond acceptors (Lipinski definition) is 2. The van der Waals surface area contributed by atoms with E-state index in [0.717, 1.165) is 18.8 Å². The minimum Gasteiger partial charge on any atom is -0.306 e. The van der Waals surface area contributed by atoms with E-state index in [2.05, 4.69) is 59.9 Å². The van der Waals surface area contributed by atoms with E-state index >= 15 is 0 Å². The van der Waals surface area contributed by atoms with Crippen molar-refractivity contribution in [2.75, 3.05) is 12.4 Å². The maximum atomic E-state index is 5.77. The average Bonchev–Trinajstić information content (AvgIpc) is 2.58. The fourth-order valence-electron chi connectivity index (χ4n) is 3.70. The number of aromatic nitrogens is 1. The highest BCUT2D eigenvalue weighted by molar-refractivity contribution is 7.01. The van der Waals surface area contributed by atoms with E-state index < -0.39 is 8.07 Å². The summed E-state index contributed by atoms with van der Waals surface area (Å²) in [7, 11) is -1.63. The van der Waals surface area contributed by atoms with Gasteiger partial charge in [-0.15, -0.1) is 11.6 Å². The first-order chi connectivity index (χ1) is 11.2. The molecule has 0 spiro atoms. The van der Waals surface area contributed by atoms with Gasteiger partial charge in [-0.1, -0.05) is 43.8 Å². The minimum atomic E-state index is -1.63. The second-order valence-electron chi connectivity index (χ2n) is 6.81. The molecule has 23 heavy (non-hydrogen) atoms. The van der Waals surface area contributed by atoms with E-state index in [9.17, 15) is 0 Å². The largest absolute Gasteiger partial charge is 0.306 e. The summed E-state index contributed by atoms with van der Waals surface area (Å²) in [6, 6.07) is 11.5. The molecular weight excluding hydrogens is 320 g/mol. The van der Waals surface area contributed by atoms with Gasteiger partial charge in [-0.3, -0.25) is 4.98 Å². The maximum Gasteiger partial charge on any atom is 0.113 e. The van der Waals surface area contributed by atoms with Crippen molar-refractivity contribution in [3.05, 3.63) is 53.9 Å². The molecule has 2 nitrogen and oxygen atoms in total. The second kappa shape index (κ2) is 7.16. The first kappa shape index (κ1) is 16.7. The lowest BCUT2D eigenvalue weighted by Gasteiger charge is -2.38. The Hall–Kier alpha value is -1.16. The number of nitrogens with one attached hydrogen (secondary N) is 1. The second-order valence-corrected chi connectivity index (χ2v) is 11.5. The number of alkyl halides is 1. The van der Waals surface area contributed by atoms with Crippen molar-refractivity contribution in [2.45, 2.75) is 38.4 Å². The van der Waals surface area contributed by atoms with Crippen LogP contribution in [0.3, 0.4) is 0 Å². The highest BCUT2D eigenvalue weighted by Gasteiger charge is 2.38. The molecule has 1 aliphatic rings. The van der Waals surface area contributed by atoms with E-state index in [1.807, 2.05) is 6.20 Å². The van der Waals surface area contributed by atoms with Crippen LogP contribution in [0.4, 0.5) is 0 Å². The van der Waals surface area contributed by atoms with Gasteiger partial charge in [0.1, 0.15) is 8.07 Å². The van der Waals surface area contributed by atoms with Crippen LogP contribution in [0.1, 0.15) is 36.4 Å². The monoisotopic (exact) mass is 344 g/mol. The van der Waals surface area contributed by atoms with Crippen molar-refractivity contribution in [2.24, 2.45) is 0 Å². The number of nitrogens with zero attached hydrogens (tertiary/aromatic N) is 1. The molecule has 0 saturated carbocycles. The summed E-state index contributed by atoms with van der Waals surface area (Å²) in [6.07, 6.45) is 7.46. The van der Waals surface area contributed by atoms with Crippen molar-refractivity contribution in [3.63, 3.8) is 0 Å². The molecular formula is C19H25ClN2Si. The van der Waals surface area contributed by atoms with Crippen LogP contribution >= 0.6 is 11.6 Å². The van der Waals surface area contributed by atoms with Gasteiger partial charge in [-0.25, -0.2) is 0 Å². The van der Waals surface area contributed by atoms with Gasteiger partial charge < -0.3 is 5.32 Å². The molecule has 0 fully saturated rings. The van der Waals surface area contributed by atoms with Crippen molar-refractivity contribution >= 4 is 30.0 Å². The fourth-order valence-corrected chi connectivity index (χ4v) is 7.06. The standard InChI is InChI=1S/C19H25ClN2Si/c1-23(2)17-9-5-4-8-15(17)19(22-12-7-3-6-11-20)16-14-21-13-10-18(16)23/h4-5,8-10,13-14,19,22H,3,6-7,11-12H2,1-2H3. The third-order valence-electron chi connectivity index (χ3n) is 4.94. The van der Waals surface area contributed by atoms with Gasteiger partial charge >= 0.3 is 0 Å². The van der Waals surface area contributed by atoms with Gasteiger partial charge in [-0.2, -0.15) is 0 Å². The Balaban J connectivity index is 1.91. The van der Waals surface area contributed by atoms with Crippen LogP contribution in [0.5, 0.6) is 0 Å². The van der Waals surface area contributed by atoms with Crippen LogP contribution in [-0.4, -0.2) is 25.5 Å². The topological polar surface area (TPSA) is 24.9 Å². The highest BCUT2D eigenvalue weighted by atomic mass is 35.5. The normalized spacial score (nSPS) is 18.3. The Morgan fingerprint density at radius 3 is 2.65 bits per heavy atom. The fraction of sp³-hybridized carbons (Fsp3) is 0.421. The van der Waals surface area contributed by atoms with Crippen molar-refractivity contribution in [1.29, 1.82) is 0 Å². The zero-order chi connectivity index (χ0) is 16.3. The summed E-state index contributed by atoms with van der Waals surface area (Å²) in [5.41, 5.74) is 2.82. The maximum absolute atomic E-state index is 5.77. The van der Waals surface area contributed by atoms with Crippen LogP contribution in [0.2, 0.25) is 13.1 Å². The van der Waals surface area contributed by atoms with Gasteiger partial charge in [-0.05, 0) is 47.0 Å². The smallest absolute Gasteiger partial charge is 0.113 e. The third kappa shape index (κ3) is 3.23. The number of fused-ring (bicyclic) bond motifs is 2. The molecule has 2 aromatic rings. The first-order valence-corrected chi connectivity index (χ1v) is 12.0. The summed E-state index contributed by atoms with van der Waals surface area (Å²) in [5.74, 6) is 0.763. The first-order valence-electron chi connectivity index (χ1n) is 8.49. The summed E-state index contributed by atoms with van der Waals surface area (Å²) < 4.78 is 0. The van der Waals surface area contributed by atoms with Crippen LogP contribution in [0.25, 0.3) is 0 Å². The van der Waals surface area contributed by atoms with Crippen LogP contribution in [0.15, 0.2) is 42.7 Å². The number of unbranched alkanes of at least 4 members (excludes halogenated alkanes) is 2. The molecule has 0 aliphatic carbocycles. The molecule has 1 atom stereocenters. The van der Waals surface area contributed by atoms with Crippen LogP contribution in [0, 0.1) is 0 Å². The molecule has 1 aromatic heterocycles. The lowest BCUT2D eigenvalue weighted by atomic mass is 9.99. The van der Waals surface area contributed by atoms with Crippen molar-refractivity contribution < 1.29 is 0 Å². The average molecular weight is 345 g/mol. The quantitative estimate of drug-likeness (QED) is 0.494. The number of rotatable bonds is 6. The molecule has 1 N–H and O–H groups in total. The SMILES string of the molecule is C[Si]1(C)c2ccccc2C(NCCCCCCl)c2cnccc21. The van der Waals surface area contributed by atoms with E-state index in [-0.39, 0.29) is 6.04 Å². The molecule has 0 amide bonds. The highest BCUT2D eigenvalue weighted by Crippen LogP contribution is 2.27. The number of halogens is 1.